The number of alkyl halides is 1. The molecule has 0 saturated heterocycles. The van der Waals surface area contributed by atoms with Gasteiger partial charge in [-0.3, -0.25) is 0 Å². The van der Waals surface area contributed by atoms with Crippen LogP contribution in [0, 0.1) is 5.92 Å². The first-order valence-corrected chi connectivity index (χ1v) is 7.27. The molecule has 1 atom stereocenters. The highest BCUT2D eigenvalue weighted by Crippen LogP contribution is 2.22. The zero-order valence-electron chi connectivity index (χ0n) is 12.0. The number of rotatable bonds is 5. The molecule has 108 valence electrons. The number of carbonyl (C=O) groups excluding carboxylic acids is 1. The van der Waals surface area contributed by atoms with Gasteiger partial charge in [0.1, 0.15) is 5.82 Å². The molecule has 20 heavy (non-hydrogen) atoms. The van der Waals surface area contributed by atoms with Crippen molar-refractivity contribution in [3.8, 4) is 0 Å². The average Bonchev–Trinajstić information content (AvgIpc) is 2.83. The molecule has 2 aromatic rings. The fourth-order valence-corrected chi connectivity index (χ4v) is 2.37. The molecule has 0 aliphatic heterocycles. The molecule has 4 nitrogen and oxygen atoms in total. The number of imidazole rings is 1. The molecular weight excluding hydrogens is 276 g/mol. The van der Waals surface area contributed by atoms with E-state index in [-0.39, 0.29) is 5.97 Å². The van der Waals surface area contributed by atoms with Crippen molar-refractivity contribution >= 4 is 28.6 Å². The van der Waals surface area contributed by atoms with Crippen LogP contribution in [-0.4, -0.2) is 22.6 Å². The van der Waals surface area contributed by atoms with E-state index in [0.29, 0.717) is 17.4 Å². The first-order chi connectivity index (χ1) is 9.60. The Balaban J connectivity index is 2.53. The second kappa shape index (κ2) is 6.27. The van der Waals surface area contributed by atoms with Crippen molar-refractivity contribution in [3.63, 3.8) is 0 Å². The molecule has 1 aromatic heterocycles. The number of hydrogen-bond donors (Lipinski definition) is 0. The fourth-order valence-electron chi connectivity index (χ4n) is 2.16. The van der Waals surface area contributed by atoms with Gasteiger partial charge in [0.05, 0.1) is 29.6 Å². The Morgan fingerprint density at radius 1 is 1.50 bits per heavy atom. The van der Waals surface area contributed by atoms with Crippen LogP contribution in [0.1, 0.15) is 36.5 Å². The van der Waals surface area contributed by atoms with Gasteiger partial charge in [0.15, 0.2) is 0 Å². The lowest BCUT2D eigenvalue weighted by Gasteiger charge is -2.13. The Hall–Kier alpha value is -1.55. The Kier molecular flexibility index (Phi) is 4.65. The van der Waals surface area contributed by atoms with E-state index in [1.165, 1.54) is 7.11 Å². The maximum absolute atomic E-state index is 11.6. The van der Waals surface area contributed by atoms with E-state index < -0.39 is 0 Å². The van der Waals surface area contributed by atoms with Gasteiger partial charge in [-0.15, -0.1) is 11.6 Å². The molecule has 0 saturated carbocycles. The van der Waals surface area contributed by atoms with Gasteiger partial charge in [0.25, 0.3) is 0 Å². The molecule has 0 fully saturated rings. The number of nitrogens with zero attached hydrogens (tertiary/aromatic N) is 2. The van der Waals surface area contributed by atoms with Crippen LogP contribution in [0.5, 0.6) is 0 Å². The number of ether oxygens (including phenoxy) is 1. The van der Waals surface area contributed by atoms with Crippen molar-refractivity contribution in [1.29, 1.82) is 0 Å². The van der Waals surface area contributed by atoms with Crippen molar-refractivity contribution < 1.29 is 9.53 Å². The first-order valence-electron chi connectivity index (χ1n) is 6.74. The molecule has 0 spiro atoms. The van der Waals surface area contributed by atoms with Gasteiger partial charge in [0.2, 0.25) is 0 Å². The third-order valence-electron chi connectivity index (χ3n) is 3.56. The van der Waals surface area contributed by atoms with Gasteiger partial charge in [-0.25, -0.2) is 9.78 Å². The zero-order valence-corrected chi connectivity index (χ0v) is 12.8. The molecule has 0 unspecified atom stereocenters. The third-order valence-corrected chi connectivity index (χ3v) is 3.80. The summed E-state index contributed by atoms with van der Waals surface area (Å²) in [7, 11) is 1.38. The average molecular weight is 295 g/mol. The monoisotopic (exact) mass is 294 g/mol. The number of hydrogen-bond acceptors (Lipinski definition) is 3. The smallest absolute Gasteiger partial charge is 0.337 e. The number of benzene rings is 1. The van der Waals surface area contributed by atoms with E-state index in [2.05, 4.69) is 23.4 Å². The number of methoxy groups -OCH3 is 1. The summed E-state index contributed by atoms with van der Waals surface area (Å²) in [6.45, 7) is 5.19. The van der Waals surface area contributed by atoms with Crippen LogP contribution in [0.25, 0.3) is 11.0 Å². The van der Waals surface area contributed by atoms with Gasteiger partial charge < -0.3 is 9.30 Å². The van der Waals surface area contributed by atoms with Crippen LogP contribution < -0.4 is 0 Å². The maximum Gasteiger partial charge on any atom is 0.337 e. The topological polar surface area (TPSA) is 44.1 Å². The van der Waals surface area contributed by atoms with E-state index >= 15 is 0 Å². The normalized spacial score (nSPS) is 12.6. The Bertz CT molecular complexity index is 622. The molecule has 2 rings (SSSR count). The van der Waals surface area contributed by atoms with Gasteiger partial charge >= 0.3 is 5.97 Å². The zero-order chi connectivity index (χ0) is 14.7. The van der Waals surface area contributed by atoms with E-state index in [9.17, 15) is 4.79 Å². The molecule has 0 radical (unpaired) electrons. The Labute approximate surface area is 123 Å². The lowest BCUT2D eigenvalue weighted by atomic mass is 10.1. The molecule has 0 aliphatic rings. The first kappa shape index (κ1) is 14.9. The summed E-state index contributed by atoms with van der Waals surface area (Å²) < 4.78 is 6.87. The lowest BCUT2D eigenvalue weighted by molar-refractivity contribution is 0.0601. The summed E-state index contributed by atoms with van der Waals surface area (Å²) in [5.74, 6) is 1.38. The second-order valence-electron chi connectivity index (χ2n) is 4.98. The largest absolute Gasteiger partial charge is 0.465 e. The van der Waals surface area contributed by atoms with E-state index in [4.69, 9.17) is 16.3 Å². The predicted molar refractivity (Wildman–Crippen MR) is 80.1 cm³/mol. The van der Waals surface area contributed by atoms with Crippen molar-refractivity contribution in [2.45, 2.75) is 32.7 Å². The summed E-state index contributed by atoms with van der Waals surface area (Å²) in [5.41, 5.74) is 2.33. The van der Waals surface area contributed by atoms with Crippen LogP contribution in [0.4, 0.5) is 0 Å². The van der Waals surface area contributed by atoms with Crippen LogP contribution in [0.2, 0.25) is 0 Å². The van der Waals surface area contributed by atoms with E-state index in [1.54, 1.807) is 6.07 Å². The number of fused-ring (bicyclic) bond motifs is 1. The number of halogens is 1. The maximum atomic E-state index is 11.6. The molecule has 0 aliphatic carbocycles. The standard InChI is InChI=1S/C15H19ClN2O2/c1-4-10(2)9-18-13-7-11(15(19)20-3)5-6-12(13)17-14(18)8-16/h5-7,10H,4,8-9H2,1-3H3/t10-/m0/s1. The van der Waals surface area contributed by atoms with Crippen molar-refractivity contribution in [2.24, 2.45) is 5.92 Å². The highest BCUT2D eigenvalue weighted by molar-refractivity contribution is 6.16. The SMILES string of the molecule is CC[C@H](C)Cn1c(CCl)nc2ccc(C(=O)OC)cc21. The predicted octanol–water partition coefficient (Wildman–Crippen LogP) is 3.61. The summed E-state index contributed by atoms with van der Waals surface area (Å²) in [6.07, 6.45) is 1.08. The van der Waals surface area contributed by atoms with Crippen LogP contribution >= 0.6 is 11.6 Å². The van der Waals surface area contributed by atoms with E-state index in [0.717, 1.165) is 29.8 Å². The summed E-state index contributed by atoms with van der Waals surface area (Å²) in [4.78, 5) is 16.2. The van der Waals surface area contributed by atoms with Crippen LogP contribution in [0.3, 0.4) is 0 Å². The van der Waals surface area contributed by atoms with Gasteiger partial charge in [-0.05, 0) is 24.1 Å². The quantitative estimate of drug-likeness (QED) is 0.625. The van der Waals surface area contributed by atoms with Crippen molar-refractivity contribution in [1.82, 2.24) is 9.55 Å². The van der Waals surface area contributed by atoms with E-state index in [1.807, 2.05) is 12.1 Å². The molecule has 1 heterocycles. The van der Waals surface area contributed by atoms with Gasteiger partial charge in [-0.1, -0.05) is 20.3 Å². The second-order valence-corrected chi connectivity index (χ2v) is 5.25. The highest BCUT2D eigenvalue weighted by Gasteiger charge is 2.14. The number of carbonyl (C=O) groups is 1. The minimum absolute atomic E-state index is 0.337. The Morgan fingerprint density at radius 3 is 2.85 bits per heavy atom. The fraction of sp³-hybridized carbons (Fsp3) is 0.467. The molecule has 0 bridgehead atoms. The molecule has 0 N–H and O–H groups in total. The summed E-state index contributed by atoms with van der Waals surface area (Å²) in [6, 6.07) is 5.39. The van der Waals surface area contributed by atoms with Crippen molar-refractivity contribution in [2.75, 3.05) is 7.11 Å². The van der Waals surface area contributed by atoms with Gasteiger partial charge in [-0.2, -0.15) is 0 Å². The minimum Gasteiger partial charge on any atom is -0.465 e. The van der Waals surface area contributed by atoms with Crippen LogP contribution in [-0.2, 0) is 17.2 Å². The molecule has 1 aromatic carbocycles. The summed E-state index contributed by atoms with van der Waals surface area (Å²) >= 11 is 5.98. The Morgan fingerprint density at radius 2 is 2.25 bits per heavy atom. The lowest BCUT2D eigenvalue weighted by Crippen LogP contribution is -2.10. The third kappa shape index (κ3) is 2.80. The molecule has 5 heteroatoms. The number of aromatic nitrogens is 2. The van der Waals surface area contributed by atoms with Crippen LogP contribution in [0.15, 0.2) is 18.2 Å². The molecular formula is C15H19ClN2O2. The highest BCUT2D eigenvalue weighted by atomic mass is 35.5. The minimum atomic E-state index is -0.337. The molecule has 0 amide bonds. The van der Waals surface area contributed by atoms with Gasteiger partial charge in [0, 0.05) is 6.54 Å². The van der Waals surface area contributed by atoms with Crippen molar-refractivity contribution in [3.05, 3.63) is 29.6 Å². The number of esters is 1. The summed E-state index contributed by atoms with van der Waals surface area (Å²) in [5, 5.41) is 0.